The molecule has 9 heteroatoms. The summed E-state index contributed by atoms with van der Waals surface area (Å²) >= 11 is 0. The van der Waals surface area contributed by atoms with Gasteiger partial charge in [0, 0.05) is 17.8 Å². The third kappa shape index (κ3) is 2.73. The number of urea groups is 1. The summed E-state index contributed by atoms with van der Waals surface area (Å²) in [5, 5.41) is 2.37. The number of morpholine rings is 1. The number of barbiturate groups is 1. The lowest BCUT2D eigenvalue weighted by Crippen LogP contribution is -2.74. The Morgan fingerprint density at radius 3 is 2.58 bits per heavy atom. The molecular weight excluding hydrogens is 400 g/mol. The van der Waals surface area contributed by atoms with E-state index in [0.29, 0.717) is 13.2 Å². The number of hydrogen-bond acceptors (Lipinski definition) is 6. The van der Waals surface area contributed by atoms with Crippen molar-refractivity contribution in [1.29, 1.82) is 0 Å². The lowest BCUT2D eigenvalue weighted by molar-refractivity contribution is -0.146. The second-order valence-electron chi connectivity index (χ2n) is 7.87. The van der Waals surface area contributed by atoms with Crippen LogP contribution in [0.3, 0.4) is 0 Å². The summed E-state index contributed by atoms with van der Waals surface area (Å²) in [7, 11) is 0. The van der Waals surface area contributed by atoms with Gasteiger partial charge in [0.05, 0.1) is 24.9 Å². The number of carbonyl (C=O) groups is 4. The van der Waals surface area contributed by atoms with Crippen LogP contribution in [-0.4, -0.2) is 49.6 Å². The van der Waals surface area contributed by atoms with Crippen molar-refractivity contribution in [2.45, 2.75) is 12.5 Å². The van der Waals surface area contributed by atoms with E-state index in [-0.39, 0.29) is 24.3 Å². The number of nitrogens with one attached hydrogen (secondary N) is 1. The molecule has 0 aromatic heterocycles. The Morgan fingerprint density at radius 2 is 1.84 bits per heavy atom. The fourth-order valence-corrected chi connectivity index (χ4v) is 4.77. The summed E-state index contributed by atoms with van der Waals surface area (Å²) in [6.07, 6.45) is 0.154. The Labute approximate surface area is 177 Å². The minimum atomic E-state index is -1.52. The Morgan fingerprint density at radius 1 is 1.10 bits per heavy atom. The molecule has 0 saturated carbocycles. The van der Waals surface area contributed by atoms with Gasteiger partial charge in [0.2, 0.25) is 11.8 Å². The number of amides is 5. The van der Waals surface area contributed by atoms with Crippen molar-refractivity contribution in [2.24, 2.45) is 11.1 Å². The molecule has 3 aliphatic rings. The van der Waals surface area contributed by atoms with E-state index in [1.807, 2.05) is 29.2 Å². The molecule has 2 aromatic carbocycles. The molecule has 2 fully saturated rings. The fourth-order valence-electron chi connectivity index (χ4n) is 4.77. The third-order valence-corrected chi connectivity index (χ3v) is 6.29. The molecule has 9 nitrogen and oxygen atoms in total. The molecule has 0 unspecified atom stereocenters. The quantitative estimate of drug-likeness (QED) is 0.694. The number of benzene rings is 2. The molecule has 3 N–H and O–H groups in total. The van der Waals surface area contributed by atoms with Gasteiger partial charge in [0.15, 0.2) is 5.41 Å². The summed E-state index contributed by atoms with van der Waals surface area (Å²) < 4.78 is 5.66. The van der Waals surface area contributed by atoms with Gasteiger partial charge in [0.25, 0.3) is 5.91 Å². The number of carbonyl (C=O) groups excluding carboxylic acids is 4. The Bertz CT molecular complexity index is 1120. The van der Waals surface area contributed by atoms with Crippen LogP contribution in [0, 0.1) is 5.41 Å². The maximum absolute atomic E-state index is 13.9. The number of primary amides is 1. The zero-order valence-electron chi connectivity index (χ0n) is 16.5. The van der Waals surface area contributed by atoms with E-state index in [9.17, 15) is 19.2 Å². The van der Waals surface area contributed by atoms with Crippen molar-refractivity contribution >= 4 is 35.1 Å². The van der Waals surface area contributed by atoms with Crippen molar-refractivity contribution in [3.05, 3.63) is 59.7 Å². The van der Waals surface area contributed by atoms with Crippen LogP contribution < -0.4 is 20.9 Å². The van der Waals surface area contributed by atoms with Crippen LogP contribution in [0.5, 0.6) is 0 Å². The van der Waals surface area contributed by atoms with E-state index in [2.05, 4.69) is 5.32 Å². The van der Waals surface area contributed by atoms with Crippen molar-refractivity contribution in [3.8, 4) is 0 Å². The lowest BCUT2D eigenvalue weighted by Gasteiger charge is -2.53. The summed E-state index contributed by atoms with van der Waals surface area (Å²) in [6, 6.07) is 12.1. The first-order valence-electron chi connectivity index (χ1n) is 9.95. The minimum absolute atomic E-state index is 0.154. The van der Waals surface area contributed by atoms with Gasteiger partial charge in [-0.05, 0) is 42.3 Å². The van der Waals surface area contributed by atoms with Crippen molar-refractivity contribution in [3.63, 3.8) is 0 Å². The monoisotopic (exact) mass is 420 g/mol. The predicted octanol–water partition coefficient (Wildman–Crippen LogP) is 0.816. The average molecular weight is 420 g/mol. The molecule has 0 aliphatic carbocycles. The number of ether oxygens (including phenoxy) is 1. The van der Waals surface area contributed by atoms with E-state index in [0.717, 1.165) is 16.2 Å². The minimum Gasteiger partial charge on any atom is -0.377 e. The van der Waals surface area contributed by atoms with Crippen LogP contribution in [0.25, 0.3) is 0 Å². The standard InChI is InChI=1S/C22H20N4O5/c23-18(27)13-5-7-15(8-6-13)26-20(29)22(19(28)24-21(26)30)11-14-3-1-2-4-16(14)25-9-10-31-12-17(22)25/h1-8,17H,9-12H2,(H2,23,27)(H,24,28,30)/t17-,22-/m0/s1. The molecule has 3 heterocycles. The molecule has 3 aliphatic heterocycles. The average Bonchev–Trinajstić information content (AvgIpc) is 2.78. The molecule has 1 spiro atoms. The number of nitrogens with zero attached hydrogens (tertiary/aromatic N) is 2. The first-order chi connectivity index (χ1) is 14.9. The van der Waals surface area contributed by atoms with Gasteiger partial charge >= 0.3 is 6.03 Å². The fraction of sp³-hybridized carbons (Fsp3) is 0.273. The molecule has 31 heavy (non-hydrogen) atoms. The van der Waals surface area contributed by atoms with Gasteiger partial charge in [-0.25, -0.2) is 9.69 Å². The van der Waals surface area contributed by atoms with E-state index < -0.39 is 35.2 Å². The van der Waals surface area contributed by atoms with E-state index >= 15 is 0 Å². The van der Waals surface area contributed by atoms with Gasteiger partial charge in [-0.15, -0.1) is 0 Å². The summed E-state index contributed by atoms with van der Waals surface area (Å²) in [6.45, 7) is 1.20. The highest BCUT2D eigenvalue weighted by atomic mass is 16.5. The van der Waals surface area contributed by atoms with E-state index in [1.54, 1.807) is 0 Å². The number of para-hydroxylation sites is 1. The predicted molar refractivity (Wildman–Crippen MR) is 111 cm³/mol. The zero-order chi connectivity index (χ0) is 21.8. The largest absolute Gasteiger partial charge is 0.377 e. The summed E-state index contributed by atoms with van der Waals surface area (Å²) in [4.78, 5) is 54.2. The second kappa shape index (κ2) is 6.92. The zero-order valence-corrected chi connectivity index (χ0v) is 16.5. The second-order valence-corrected chi connectivity index (χ2v) is 7.87. The van der Waals surface area contributed by atoms with Crippen LogP contribution in [0.2, 0.25) is 0 Å². The van der Waals surface area contributed by atoms with Gasteiger partial charge in [-0.2, -0.15) is 0 Å². The Kier molecular flexibility index (Phi) is 4.30. The van der Waals surface area contributed by atoms with Gasteiger partial charge in [-0.3, -0.25) is 19.7 Å². The molecule has 5 rings (SSSR count). The third-order valence-electron chi connectivity index (χ3n) is 6.29. The summed E-state index contributed by atoms with van der Waals surface area (Å²) in [5.41, 5.74) is 6.09. The highest BCUT2D eigenvalue weighted by Crippen LogP contribution is 2.45. The number of hydrogen-bond donors (Lipinski definition) is 2. The number of fused-ring (bicyclic) bond motifs is 4. The smallest absolute Gasteiger partial charge is 0.335 e. The van der Waals surface area contributed by atoms with E-state index in [1.165, 1.54) is 24.3 Å². The maximum Gasteiger partial charge on any atom is 0.335 e. The highest BCUT2D eigenvalue weighted by Gasteiger charge is 2.62. The first-order valence-corrected chi connectivity index (χ1v) is 9.95. The number of nitrogens with two attached hydrogens (primary N) is 1. The van der Waals surface area contributed by atoms with Gasteiger partial charge in [-0.1, -0.05) is 18.2 Å². The summed E-state index contributed by atoms with van der Waals surface area (Å²) in [5.74, 6) is -1.85. The van der Waals surface area contributed by atoms with Crippen LogP contribution in [0.4, 0.5) is 16.2 Å². The normalized spacial score (nSPS) is 25.2. The highest BCUT2D eigenvalue weighted by molar-refractivity contribution is 6.30. The number of imide groups is 2. The van der Waals surface area contributed by atoms with Crippen molar-refractivity contribution in [2.75, 3.05) is 29.6 Å². The Hall–Kier alpha value is -3.72. The lowest BCUT2D eigenvalue weighted by atomic mass is 9.68. The topological polar surface area (TPSA) is 122 Å². The van der Waals surface area contributed by atoms with E-state index in [4.69, 9.17) is 10.5 Å². The maximum atomic E-state index is 13.9. The number of rotatable bonds is 2. The Balaban J connectivity index is 1.62. The van der Waals surface area contributed by atoms with Gasteiger partial charge < -0.3 is 15.4 Å². The van der Waals surface area contributed by atoms with Crippen molar-refractivity contribution in [1.82, 2.24) is 5.32 Å². The van der Waals surface area contributed by atoms with Crippen LogP contribution in [0.15, 0.2) is 48.5 Å². The molecular formula is C22H20N4O5. The molecule has 2 aromatic rings. The molecule has 2 atom stereocenters. The van der Waals surface area contributed by atoms with Crippen LogP contribution in [-0.2, 0) is 20.7 Å². The molecule has 2 saturated heterocycles. The molecule has 158 valence electrons. The van der Waals surface area contributed by atoms with Crippen LogP contribution in [0.1, 0.15) is 15.9 Å². The molecule has 5 amide bonds. The van der Waals surface area contributed by atoms with Gasteiger partial charge in [0.1, 0.15) is 0 Å². The molecule has 0 bridgehead atoms. The van der Waals surface area contributed by atoms with Crippen LogP contribution >= 0.6 is 0 Å². The SMILES string of the molecule is NC(=O)c1ccc(N2C(=O)NC(=O)[C@@]3(Cc4ccccc4N4CCOC[C@H]43)C2=O)cc1. The number of anilines is 2. The molecule has 0 radical (unpaired) electrons. The first kappa shape index (κ1) is 19.3. The van der Waals surface area contributed by atoms with Crippen molar-refractivity contribution < 1.29 is 23.9 Å².